The van der Waals surface area contributed by atoms with Crippen molar-refractivity contribution in [1.29, 1.82) is 0 Å². The van der Waals surface area contributed by atoms with Crippen LogP contribution in [-0.4, -0.2) is 9.97 Å². The Bertz CT molecular complexity index is 3890. The molecule has 70 heavy (non-hydrogen) atoms. The number of aromatic nitrogens is 2. The lowest BCUT2D eigenvalue weighted by Crippen LogP contribution is -2.12. The lowest BCUT2D eigenvalue weighted by molar-refractivity contribution is 1.21. The molecule has 0 atom stereocenters. The van der Waals surface area contributed by atoms with Crippen LogP contribution in [0.15, 0.2) is 243 Å². The van der Waals surface area contributed by atoms with Crippen LogP contribution in [0.5, 0.6) is 0 Å². The Kier molecular flexibility index (Phi) is 9.91. The Morgan fingerprint density at radius 1 is 0.271 bits per heavy atom. The van der Waals surface area contributed by atoms with Gasteiger partial charge in [0.1, 0.15) is 11.6 Å². The molecule has 0 saturated heterocycles. The number of hydrogen-bond donors (Lipinski definition) is 0. The van der Waals surface area contributed by atoms with Gasteiger partial charge in [-0.3, -0.25) is 9.80 Å². The van der Waals surface area contributed by atoms with Gasteiger partial charge < -0.3 is 0 Å². The molecule has 0 N–H and O–H groups in total. The quantitative estimate of drug-likeness (QED) is 0.142. The largest absolute Gasteiger partial charge is 0.295 e. The molecular weight excluding hydrogens is 849 g/mol. The maximum atomic E-state index is 5.30. The predicted octanol–water partition coefficient (Wildman–Crippen LogP) is 18.3. The van der Waals surface area contributed by atoms with Crippen molar-refractivity contribution >= 4 is 99.3 Å². The van der Waals surface area contributed by atoms with E-state index in [2.05, 4.69) is 266 Å². The van der Waals surface area contributed by atoms with Gasteiger partial charge >= 0.3 is 0 Å². The van der Waals surface area contributed by atoms with Gasteiger partial charge in [0.15, 0.2) is 0 Å². The van der Waals surface area contributed by atoms with Gasteiger partial charge in [-0.15, -0.1) is 0 Å². The number of benzene rings is 11. The average Bonchev–Trinajstić information content (AvgIpc) is 3.41. The summed E-state index contributed by atoms with van der Waals surface area (Å²) >= 11 is 0. The van der Waals surface area contributed by atoms with Crippen molar-refractivity contribution in [3.05, 3.63) is 254 Å². The molecule has 0 aliphatic heterocycles. The second-order valence-corrected chi connectivity index (χ2v) is 18.4. The van der Waals surface area contributed by atoms with E-state index in [1.165, 1.54) is 43.8 Å². The fourth-order valence-electron chi connectivity index (χ4n) is 10.4. The molecule has 0 aliphatic rings. The van der Waals surface area contributed by atoms with Crippen molar-refractivity contribution in [3.8, 4) is 22.3 Å². The second kappa shape index (κ2) is 16.9. The maximum Gasteiger partial charge on any atom is 0.138 e. The van der Waals surface area contributed by atoms with Crippen molar-refractivity contribution in [2.45, 2.75) is 13.8 Å². The fourth-order valence-corrected chi connectivity index (χ4v) is 10.4. The first kappa shape index (κ1) is 41.1. The van der Waals surface area contributed by atoms with Gasteiger partial charge in [-0.1, -0.05) is 157 Å². The van der Waals surface area contributed by atoms with Crippen LogP contribution in [0.3, 0.4) is 0 Å². The third-order valence-corrected chi connectivity index (χ3v) is 13.9. The van der Waals surface area contributed by atoms with E-state index in [-0.39, 0.29) is 0 Å². The first-order valence-electron chi connectivity index (χ1n) is 24.0. The Labute approximate surface area is 407 Å². The number of hydrogen-bond acceptors (Lipinski definition) is 4. The van der Waals surface area contributed by atoms with Gasteiger partial charge in [-0.2, -0.15) is 0 Å². The third-order valence-electron chi connectivity index (χ3n) is 13.9. The summed E-state index contributed by atoms with van der Waals surface area (Å²) in [6.07, 6.45) is 0. The molecule has 11 aromatic carbocycles. The molecule has 0 fully saturated rings. The van der Waals surface area contributed by atoms with Crippen LogP contribution in [0.2, 0.25) is 0 Å². The lowest BCUT2D eigenvalue weighted by atomic mass is 9.84. The van der Waals surface area contributed by atoms with Crippen LogP contribution < -0.4 is 9.80 Å². The van der Waals surface area contributed by atoms with Crippen LogP contribution in [-0.2, 0) is 0 Å². The minimum Gasteiger partial charge on any atom is -0.295 e. The topological polar surface area (TPSA) is 32.3 Å². The van der Waals surface area contributed by atoms with Crippen LogP contribution >= 0.6 is 0 Å². The third kappa shape index (κ3) is 7.26. The zero-order valence-corrected chi connectivity index (χ0v) is 38.9. The normalized spacial score (nSPS) is 11.6. The van der Waals surface area contributed by atoms with Crippen molar-refractivity contribution in [2.75, 3.05) is 9.80 Å². The smallest absolute Gasteiger partial charge is 0.138 e. The van der Waals surface area contributed by atoms with Gasteiger partial charge in [0.2, 0.25) is 0 Å². The number of anilines is 6. The van der Waals surface area contributed by atoms with E-state index in [0.29, 0.717) is 0 Å². The summed E-state index contributed by atoms with van der Waals surface area (Å²) in [6.45, 7) is 4.27. The highest BCUT2D eigenvalue weighted by Gasteiger charge is 2.23. The maximum absolute atomic E-state index is 5.30. The molecule has 0 amide bonds. The summed E-state index contributed by atoms with van der Waals surface area (Å²) in [7, 11) is 0. The number of para-hydroxylation sites is 2. The summed E-state index contributed by atoms with van der Waals surface area (Å²) in [4.78, 5) is 15.2. The van der Waals surface area contributed by atoms with E-state index in [0.717, 1.165) is 88.9 Å². The molecule has 0 unspecified atom stereocenters. The van der Waals surface area contributed by atoms with Crippen molar-refractivity contribution < 1.29 is 0 Å². The SMILES string of the molecule is Cc1ccc(N(c2ccc3c(-c4ccc5ccccc5c4)c4cc(N(c5ccc(C)cc5)c5ccc6ccccc6n5)ccc4c(-c4ccc5ccccc5c4)c3c2)c2ccc3ccccc3n2)cc1. The highest BCUT2D eigenvalue weighted by Crippen LogP contribution is 2.49. The second-order valence-electron chi connectivity index (χ2n) is 18.4. The highest BCUT2D eigenvalue weighted by molar-refractivity contribution is 6.23. The van der Waals surface area contributed by atoms with Crippen LogP contribution in [0.25, 0.3) is 87.1 Å². The van der Waals surface area contributed by atoms with E-state index >= 15 is 0 Å². The minimum absolute atomic E-state index is 0.854. The Hall–Kier alpha value is -9.12. The zero-order valence-electron chi connectivity index (χ0n) is 38.9. The first-order chi connectivity index (χ1) is 34.5. The first-order valence-corrected chi connectivity index (χ1v) is 24.0. The van der Waals surface area contributed by atoms with Gasteiger partial charge in [0.25, 0.3) is 0 Å². The Morgan fingerprint density at radius 3 is 1.06 bits per heavy atom. The molecule has 330 valence electrons. The zero-order chi connectivity index (χ0) is 46.7. The molecule has 13 aromatic rings. The summed E-state index contributed by atoms with van der Waals surface area (Å²) in [5.41, 5.74) is 13.1. The monoisotopic (exact) mass is 894 g/mol. The Morgan fingerprint density at radius 2 is 0.629 bits per heavy atom. The summed E-state index contributed by atoms with van der Waals surface area (Å²) in [5.74, 6) is 1.71. The number of nitrogens with zero attached hydrogens (tertiary/aromatic N) is 4. The molecule has 4 heteroatoms. The molecule has 4 nitrogen and oxygen atoms in total. The van der Waals surface area contributed by atoms with Crippen molar-refractivity contribution in [3.63, 3.8) is 0 Å². The molecular formula is C66H46N4. The van der Waals surface area contributed by atoms with E-state index in [4.69, 9.17) is 9.97 Å². The lowest BCUT2D eigenvalue weighted by Gasteiger charge is -2.27. The van der Waals surface area contributed by atoms with Gasteiger partial charge in [0, 0.05) is 33.5 Å². The number of fused-ring (bicyclic) bond motifs is 6. The summed E-state index contributed by atoms with van der Waals surface area (Å²) in [6, 6.07) is 88.1. The molecule has 0 bridgehead atoms. The van der Waals surface area contributed by atoms with E-state index in [9.17, 15) is 0 Å². The number of rotatable bonds is 8. The van der Waals surface area contributed by atoms with Gasteiger partial charge in [0.05, 0.1) is 11.0 Å². The molecule has 0 aliphatic carbocycles. The van der Waals surface area contributed by atoms with E-state index < -0.39 is 0 Å². The summed E-state index contributed by atoms with van der Waals surface area (Å²) < 4.78 is 0. The standard InChI is InChI=1S/C66H46N4/c1-43-19-29-53(30-20-43)69(63-37-27-47-13-7-9-17-61(47)67-63)55-33-35-57-59(41-55)65(51-25-23-45-11-3-5-15-49(45)39-51)58-36-34-56(42-60(58)66(57)52-26-24-46-12-4-6-16-50(46)40-52)70(54-31-21-44(2)22-32-54)64-38-28-48-14-8-10-18-62(48)68-64/h3-42H,1-2H3. The molecule has 0 saturated carbocycles. The highest BCUT2D eigenvalue weighted by atomic mass is 15.2. The molecule has 2 aromatic heterocycles. The number of pyridine rings is 2. The van der Waals surface area contributed by atoms with Crippen LogP contribution in [0.1, 0.15) is 11.1 Å². The minimum atomic E-state index is 0.854. The average molecular weight is 895 g/mol. The van der Waals surface area contributed by atoms with Crippen LogP contribution in [0, 0.1) is 13.8 Å². The van der Waals surface area contributed by atoms with Crippen molar-refractivity contribution in [1.82, 2.24) is 9.97 Å². The van der Waals surface area contributed by atoms with Crippen molar-refractivity contribution in [2.24, 2.45) is 0 Å². The summed E-state index contributed by atoms with van der Waals surface area (Å²) in [5, 5.41) is 11.7. The molecule has 13 rings (SSSR count). The van der Waals surface area contributed by atoms with E-state index in [1.807, 2.05) is 0 Å². The molecule has 0 radical (unpaired) electrons. The van der Waals surface area contributed by atoms with E-state index in [1.54, 1.807) is 0 Å². The molecule has 2 heterocycles. The fraction of sp³-hybridized carbons (Fsp3) is 0.0303. The molecule has 0 spiro atoms. The van der Waals surface area contributed by atoms with Crippen LogP contribution in [0.4, 0.5) is 34.4 Å². The van der Waals surface area contributed by atoms with Gasteiger partial charge in [-0.05, 0) is 176 Å². The Balaban J connectivity index is 1.13. The van der Waals surface area contributed by atoms with Gasteiger partial charge in [-0.25, -0.2) is 9.97 Å². The number of aryl methyl sites for hydroxylation is 2. The predicted molar refractivity (Wildman–Crippen MR) is 297 cm³/mol.